The van der Waals surface area contributed by atoms with Gasteiger partial charge in [0.05, 0.1) is 0 Å². The lowest BCUT2D eigenvalue weighted by atomic mass is 9.93. The molecule has 0 bridgehead atoms. The van der Waals surface area contributed by atoms with E-state index >= 15 is 0 Å². The van der Waals surface area contributed by atoms with Gasteiger partial charge in [0.2, 0.25) is 0 Å². The summed E-state index contributed by atoms with van der Waals surface area (Å²) < 4.78 is 6.25. The van der Waals surface area contributed by atoms with Crippen molar-refractivity contribution in [1.82, 2.24) is 4.90 Å². The van der Waals surface area contributed by atoms with Gasteiger partial charge in [-0.25, -0.2) is 0 Å². The van der Waals surface area contributed by atoms with Crippen molar-refractivity contribution >= 4 is 0 Å². The first-order chi connectivity index (χ1) is 7.75. The molecular weight excluding hydrogens is 198 g/mol. The lowest BCUT2D eigenvalue weighted by Crippen LogP contribution is -2.51. The molecule has 0 spiro atoms. The molecule has 0 aromatic rings. The standard InChI is InChI=1S/C14H29NO/c1-4-6-10-14(16-13-7-5-2)11-8-9-12-15(14)3/h4-13H2,1-3H3. The SMILES string of the molecule is CCCCOC1(CCCC)CCCCN1C. The molecule has 1 fully saturated rings. The Morgan fingerprint density at radius 1 is 1.12 bits per heavy atom. The molecule has 0 aliphatic carbocycles. The van der Waals surface area contributed by atoms with Gasteiger partial charge in [-0.1, -0.05) is 26.7 Å². The van der Waals surface area contributed by atoms with Crippen LogP contribution in [0.4, 0.5) is 0 Å². The largest absolute Gasteiger partial charge is 0.360 e. The van der Waals surface area contributed by atoms with Crippen LogP contribution >= 0.6 is 0 Å². The van der Waals surface area contributed by atoms with Crippen LogP contribution in [0.1, 0.15) is 65.2 Å². The van der Waals surface area contributed by atoms with Crippen molar-refractivity contribution in [2.75, 3.05) is 20.2 Å². The number of hydrogen-bond acceptors (Lipinski definition) is 2. The summed E-state index contributed by atoms with van der Waals surface area (Å²) >= 11 is 0. The molecule has 0 radical (unpaired) electrons. The second kappa shape index (κ2) is 7.29. The second-order valence-electron chi connectivity index (χ2n) is 5.13. The minimum atomic E-state index is 0.0728. The molecule has 1 atom stereocenters. The van der Waals surface area contributed by atoms with Crippen molar-refractivity contribution in [3.63, 3.8) is 0 Å². The number of rotatable bonds is 7. The lowest BCUT2D eigenvalue weighted by molar-refractivity contribution is -0.171. The van der Waals surface area contributed by atoms with Gasteiger partial charge in [0, 0.05) is 13.2 Å². The van der Waals surface area contributed by atoms with Crippen LogP contribution in [0.15, 0.2) is 0 Å². The zero-order valence-electron chi connectivity index (χ0n) is 11.4. The molecule has 2 heteroatoms. The maximum atomic E-state index is 6.25. The first-order valence-corrected chi connectivity index (χ1v) is 7.10. The predicted molar refractivity (Wildman–Crippen MR) is 69.6 cm³/mol. The number of ether oxygens (including phenoxy) is 1. The third-order valence-electron chi connectivity index (χ3n) is 3.80. The van der Waals surface area contributed by atoms with E-state index in [1.165, 1.54) is 57.9 Å². The van der Waals surface area contributed by atoms with E-state index in [4.69, 9.17) is 4.74 Å². The summed E-state index contributed by atoms with van der Waals surface area (Å²) in [5, 5.41) is 0. The van der Waals surface area contributed by atoms with Crippen molar-refractivity contribution in [3.8, 4) is 0 Å². The van der Waals surface area contributed by atoms with Crippen molar-refractivity contribution < 1.29 is 4.74 Å². The molecule has 0 saturated carbocycles. The van der Waals surface area contributed by atoms with Gasteiger partial charge in [-0.2, -0.15) is 0 Å². The molecule has 0 aromatic carbocycles. The van der Waals surface area contributed by atoms with Crippen LogP contribution in [0.25, 0.3) is 0 Å². The average Bonchev–Trinajstić information content (AvgIpc) is 2.30. The Hall–Kier alpha value is -0.0800. The quantitative estimate of drug-likeness (QED) is 0.613. The molecule has 1 aliphatic rings. The van der Waals surface area contributed by atoms with Gasteiger partial charge < -0.3 is 4.74 Å². The Bertz CT molecular complexity index is 184. The maximum absolute atomic E-state index is 6.25. The zero-order chi connectivity index (χ0) is 11.9. The van der Waals surface area contributed by atoms with E-state index in [-0.39, 0.29) is 5.72 Å². The highest BCUT2D eigenvalue weighted by Crippen LogP contribution is 2.33. The Morgan fingerprint density at radius 2 is 1.88 bits per heavy atom. The van der Waals surface area contributed by atoms with Crippen LogP contribution in [0.3, 0.4) is 0 Å². The van der Waals surface area contributed by atoms with Crippen LogP contribution in [0, 0.1) is 0 Å². The van der Waals surface area contributed by atoms with Crippen LogP contribution in [0.2, 0.25) is 0 Å². The summed E-state index contributed by atoms with van der Waals surface area (Å²) in [5.41, 5.74) is 0.0728. The highest BCUT2D eigenvalue weighted by atomic mass is 16.5. The van der Waals surface area contributed by atoms with Crippen LogP contribution in [-0.2, 0) is 4.74 Å². The van der Waals surface area contributed by atoms with Crippen molar-refractivity contribution in [2.45, 2.75) is 70.9 Å². The topological polar surface area (TPSA) is 12.5 Å². The van der Waals surface area contributed by atoms with Gasteiger partial charge in [0.1, 0.15) is 5.72 Å². The van der Waals surface area contributed by atoms with Crippen molar-refractivity contribution in [2.24, 2.45) is 0 Å². The molecule has 0 amide bonds. The number of hydrogen-bond donors (Lipinski definition) is 0. The minimum Gasteiger partial charge on any atom is -0.360 e. The monoisotopic (exact) mass is 227 g/mol. The summed E-state index contributed by atoms with van der Waals surface area (Å²) in [6.45, 7) is 6.63. The number of likely N-dealkylation sites (tertiary alicyclic amines) is 1. The molecule has 1 unspecified atom stereocenters. The molecule has 1 heterocycles. The molecule has 16 heavy (non-hydrogen) atoms. The number of nitrogens with zero attached hydrogens (tertiary/aromatic N) is 1. The van der Waals surface area contributed by atoms with E-state index in [9.17, 15) is 0 Å². The van der Waals surface area contributed by atoms with E-state index in [0.29, 0.717) is 0 Å². The fourth-order valence-electron chi connectivity index (χ4n) is 2.57. The normalized spacial score (nSPS) is 27.2. The first-order valence-electron chi connectivity index (χ1n) is 7.10. The summed E-state index contributed by atoms with van der Waals surface area (Å²) in [5.74, 6) is 0. The number of unbranched alkanes of at least 4 members (excludes halogenated alkanes) is 2. The number of piperidine rings is 1. The third-order valence-corrected chi connectivity index (χ3v) is 3.80. The fraction of sp³-hybridized carbons (Fsp3) is 1.00. The average molecular weight is 227 g/mol. The summed E-state index contributed by atoms with van der Waals surface area (Å²) in [4.78, 5) is 2.46. The molecule has 96 valence electrons. The molecule has 2 nitrogen and oxygen atoms in total. The van der Waals surface area contributed by atoms with E-state index in [2.05, 4.69) is 25.8 Å². The third kappa shape index (κ3) is 3.74. The first kappa shape index (κ1) is 14.0. The van der Waals surface area contributed by atoms with Gasteiger partial charge in [-0.3, -0.25) is 4.90 Å². The van der Waals surface area contributed by atoms with E-state index in [1.54, 1.807) is 0 Å². The smallest absolute Gasteiger partial charge is 0.121 e. The van der Waals surface area contributed by atoms with Gasteiger partial charge in [0.25, 0.3) is 0 Å². The van der Waals surface area contributed by atoms with Gasteiger partial charge in [0.15, 0.2) is 0 Å². The van der Waals surface area contributed by atoms with Gasteiger partial charge in [-0.05, 0) is 45.6 Å². The summed E-state index contributed by atoms with van der Waals surface area (Å²) in [6, 6.07) is 0. The highest BCUT2D eigenvalue weighted by molar-refractivity contribution is 4.83. The van der Waals surface area contributed by atoms with Crippen LogP contribution in [0.5, 0.6) is 0 Å². The molecule has 1 aliphatic heterocycles. The molecular formula is C14H29NO. The lowest BCUT2D eigenvalue weighted by Gasteiger charge is -2.45. The second-order valence-corrected chi connectivity index (χ2v) is 5.13. The van der Waals surface area contributed by atoms with E-state index < -0.39 is 0 Å². The van der Waals surface area contributed by atoms with Gasteiger partial charge >= 0.3 is 0 Å². The molecule has 0 aromatic heterocycles. The maximum Gasteiger partial charge on any atom is 0.121 e. The van der Waals surface area contributed by atoms with Crippen LogP contribution < -0.4 is 0 Å². The summed E-state index contributed by atoms with van der Waals surface area (Å²) in [6.07, 6.45) is 10.1. The van der Waals surface area contributed by atoms with Crippen LogP contribution in [-0.4, -0.2) is 30.8 Å². The molecule has 1 saturated heterocycles. The van der Waals surface area contributed by atoms with Gasteiger partial charge in [-0.15, -0.1) is 0 Å². The molecule has 0 N–H and O–H groups in total. The van der Waals surface area contributed by atoms with E-state index in [1.807, 2.05) is 0 Å². The minimum absolute atomic E-state index is 0.0728. The Kier molecular flexibility index (Phi) is 6.37. The molecule has 1 rings (SSSR count). The van der Waals surface area contributed by atoms with Crippen molar-refractivity contribution in [1.29, 1.82) is 0 Å². The highest BCUT2D eigenvalue weighted by Gasteiger charge is 2.36. The fourth-order valence-corrected chi connectivity index (χ4v) is 2.57. The Labute approximate surface area is 101 Å². The van der Waals surface area contributed by atoms with E-state index in [0.717, 1.165) is 6.61 Å². The zero-order valence-corrected chi connectivity index (χ0v) is 11.4. The summed E-state index contributed by atoms with van der Waals surface area (Å²) in [7, 11) is 2.24. The van der Waals surface area contributed by atoms with Crippen molar-refractivity contribution in [3.05, 3.63) is 0 Å². The Balaban J connectivity index is 2.51. The predicted octanol–water partition coefficient (Wildman–Crippen LogP) is 3.81. The Morgan fingerprint density at radius 3 is 2.50 bits per heavy atom.